The maximum atomic E-state index is 4.89. The number of anilines is 2. The molecule has 2 aliphatic rings. The van der Waals surface area contributed by atoms with Crippen molar-refractivity contribution in [1.29, 1.82) is 0 Å². The zero-order valence-corrected chi connectivity index (χ0v) is 20.6. The molecule has 1 saturated carbocycles. The van der Waals surface area contributed by atoms with Crippen LogP contribution in [-0.2, 0) is 20.1 Å². The summed E-state index contributed by atoms with van der Waals surface area (Å²) in [5.41, 5.74) is 6.58. The fraction of sp³-hybridized carbons (Fsp3) is 0.333. The molecule has 0 unspecified atom stereocenters. The summed E-state index contributed by atoms with van der Waals surface area (Å²) in [5, 5.41) is 16.7. The topological polar surface area (TPSA) is 92.5 Å². The molecule has 3 aromatic heterocycles. The van der Waals surface area contributed by atoms with Crippen molar-refractivity contribution in [1.82, 2.24) is 39.4 Å². The Hall–Kier alpha value is -3.98. The molecule has 1 aliphatic carbocycles. The summed E-state index contributed by atoms with van der Waals surface area (Å²) in [6.07, 6.45) is 7.52. The maximum absolute atomic E-state index is 4.89. The predicted octanol–water partition coefficient (Wildman–Crippen LogP) is 4.68. The number of nitrogens with one attached hydrogen (secondary N) is 2. The van der Waals surface area contributed by atoms with Crippen LogP contribution < -0.4 is 5.32 Å². The van der Waals surface area contributed by atoms with E-state index in [0.717, 1.165) is 60.2 Å². The first-order valence-corrected chi connectivity index (χ1v) is 12.7. The quantitative estimate of drug-likeness (QED) is 0.367. The standard InChI is InChI=1S/C27H29N9/c1-3-35-13-12-24-29-23(15-36(24)16-35)17-4-8-19(9-5-17)26-31-27(34(2)33-26)30-22-11-10-21-20(14-28-32-21)25(22)18-6-7-18/h4-5,8-11,14-15,18H,3,6-7,12-13,16H2,1-2H3,(H,28,32)(H,30,31,33). The number of benzene rings is 2. The Labute approximate surface area is 209 Å². The number of imidazole rings is 1. The molecule has 2 N–H and O–H groups in total. The Morgan fingerprint density at radius 2 is 1.89 bits per heavy atom. The fourth-order valence-electron chi connectivity index (χ4n) is 5.20. The van der Waals surface area contributed by atoms with Crippen molar-refractivity contribution in [2.24, 2.45) is 7.05 Å². The normalized spacial score (nSPS) is 15.9. The summed E-state index contributed by atoms with van der Waals surface area (Å²) in [4.78, 5) is 12.1. The molecular formula is C27H29N9. The molecule has 0 spiro atoms. The molecule has 1 aliphatic heterocycles. The minimum Gasteiger partial charge on any atom is -0.324 e. The molecule has 7 rings (SSSR count). The Bertz CT molecular complexity index is 1550. The second-order valence-corrected chi connectivity index (χ2v) is 9.83. The zero-order chi connectivity index (χ0) is 24.2. The van der Waals surface area contributed by atoms with Crippen LogP contribution in [0.5, 0.6) is 0 Å². The van der Waals surface area contributed by atoms with Crippen LogP contribution in [0.2, 0.25) is 0 Å². The highest BCUT2D eigenvalue weighted by Gasteiger charge is 2.29. The Kier molecular flexibility index (Phi) is 4.92. The number of likely N-dealkylation sites (N-methyl/N-ethyl adjacent to an activating group) is 1. The molecule has 5 aromatic rings. The molecule has 0 saturated heterocycles. The number of aromatic nitrogens is 7. The molecule has 4 heterocycles. The summed E-state index contributed by atoms with van der Waals surface area (Å²) in [5.74, 6) is 3.17. The lowest BCUT2D eigenvalue weighted by molar-refractivity contribution is 0.202. The summed E-state index contributed by atoms with van der Waals surface area (Å²) in [7, 11) is 1.93. The van der Waals surface area contributed by atoms with E-state index < -0.39 is 0 Å². The van der Waals surface area contributed by atoms with E-state index in [0.29, 0.717) is 11.7 Å². The lowest BCUT2D eigenvalue weighted by atomic mass is 10.0. The number of hydrogen-bond donors (Lipinski definition) is 2. The number of fused-ring (bicyclic) bond motifs is 2. The average Bonchev–Trinajstić information content (AvgIpc) is 3.30. The molecule has 182 valence electrons. The van der Waals surface area contributed by atoms with Gasteiger partial charge in [-0.1, -0.05) is 31.2 Å². The lowest BCUT2D eigenvalue weighted by Gasteiger charge is -2.26. The third-order valence-corrected chi connectivity index (χ3v) is 7.41. The first-order valence-electron chi connectivity index (χ1n) is 12.7. The third kappa shape index (κ3) is 3.67. The van der Waals surface area contributed by atoms with Gasteiger partial charge in [0.15, 0.2) is 5.82 Å². The van der Waals surface area contributed by atoms with Gasteiger partial charge in [0.2, 0.25) is 5.95 Å². The number of aryl methyl sites for hydroxylation is 1. The van der Waals surface area contributed by atoms with Crippen LogP contribution in [0.4, 0.5) is 11.6 Å². The second kappa shape index (κ2) is 8.30. The molecule has 1 fully saturated rings. The molecular weight excluding hydrogens is 450 g/mol. The van der Waals surface area contributed by atoms with Gasteiger partial charge < -0.3 is 9.88 Å². The number of hydrogen-bond acceptors (Lipinski definition) is 6. The molecule has 0 radical (unpaired) electrons. The number of rotatable bonds is 6. The SMILES string of the molecule is CCN1CCc2nc(-c3ccc(-c4nc(Nc5ccc6[nH]ncc6c5C5CC5)n(C)n4)cc3)cn2C1. The van der Waals surface area contributed by atoms with Crippen molar-refractivity contribution >= 4 is 22.5 Å². The van der Waals surface area contributed by atoms with Crippen LogP contribution >= 0.6 is 0 Å². The van der Waals surface area contributed by atoms with Gasteiger partial charge in [-0.2, -0.15) is 10.1 Å². The van der Waals surface area contributed by atoms with Crippen LogP contribution in [0.1, 0.15) is 37.1 Å². The van der Waals surface area contributed by atoms with Gasteiger partial charge in [0.25, 0.3) is 0 Å². The Balaban J connectivity index is 1.14. The number of aromatic amines is 1. The van der Waals surface area contributed by atoms with Gasteiger partial charge in [0.05, 0.1) is 24.1 Å². The molecule has 9 nitrogen and oxygen atoms in total. The first kappa shape index (κ1) is 21.3. The van der Waals surface area contributed by atoms with E-state index in [2.05, 4.69) is 74.5 Å². The Morgan fingerprint density at radius 1 is 1.06 bits per heavy atom. The maximum Gasteiger partial charge on any atom is 0.225 e. The lowest BCUT2D eigenvalue weighted by Crippen LogP contribution is -2.33. The van der Waals surface area contributed by atoms with Gasteiger partial charge in [-0.25, -0.2) is 9.67 Å². The van der Waals surface area contributed by atoms with Gasteiger partial charge in [0, 0.05) is 48.4 Å². The average molecular weight is 480 g/mol. The molecule has 0 bridgehead atoms. The minimum atomic E-state index is 0.577. The van der Waals surface area contributed by atoms with Crippen LogP contribution in [0.3, 0.4) is 0 Å². The van der Waals surface area contributed by atoms with Gasteiger partial charge >= 0.3 is 0 Å². The first-order chi connectivity index (χ1) is 17.7. The summed E-state index contributed by atoms with van der Waals surface area (Å²) in [6.45, 7) is 5.26. The van der Waals surface area contributed by atoms with Crippen molar-refractivity contribution < 1.29 is 0 Å². The van der Waals surface area contributed by atoms with E-state index in [1.54, 1.807) is 0 Å². The van der Waals surface area contributed by atoms with Crippen LogP contribution in [0, 0.1) is 0 Å². The second-order valence-electron chi connectivity index (χ2n) is 9.83. The molecule has 2 aromatic carbocycles. The number of nitrogens with zero attached hydrogens (tertiary/aromatic N) is 7. The summed E-state index contributed by atoms with van der Waals surface area (Å²) < 4.78 is 4.08. The van der Waals surface area contributed by atoms with E-state index in [9.17, 15) is 0 Å². The largest absolute Gasteiger partial charge is 0.324 e. The van der Waals surface area contributed by atoms with Crippen molar-refractivity contribution in [3.8, 4) is 22.6 Å². The summed E-state index contributed by atoms with van der Waals surface area (Å²) >= 11 is 0. The van der Waals surface area contributed by atoms with E-state index >= 15 is 0 Å². The van der Waals surface area contributed by atoms with Gasteiger partial charge in [-0.05, 0) is 43.0 Å². The summed E-state index contributed by atoms with van der Waals surface area (Å²) in [6, 6.07) is 12.6. The Morgan fingerprint density at radius 3 is 2.69 bits per heavy atom. The van der Waals surface area contributed by atoms with E-state index in [1.165, 1.54) is 29.6 Å². The van der Waals surface area contributed by atoms with E-state index in [1.807, 2.05) is 17.9 Å². The van der Waals surface area contributed by atoms with E-state index in [-0.39, 0.29) is 0 Å². The molecule has 0 amide bonds. The highest BCUT2D eigenvalue weighted by atomic mass is 15.4. The van der Waals surface area contributed by atoms with Crippen molar-refractivity contribution in [2.75, 3.05) is 18.4 Å². The molecule has 36 heavy (non-hydrogen) atoms. The third-order valence-electron chi connectivity index (χ3n) is 7.41. The van der Waals surface area contributed by atoms with Gasteiger partial charge in [0.1, 0.15) is 5.82 Å². The zero-order valence-electron chi connectivity index (χ0n) is 20.6. The number of H-pyrrole nitrogens is 1. The van der Waals surface area contributed by atoms with Crippen molar-refractivity contribution in [3.63, 3.8) is 0 Å². The highest BCUT2D eigenvalue weighted by Crippen LogP contribution is 2.47. The van der Waals surface area contributed by atoms with Crippen molar-refractivity contribution in [2.45, 2.75) is 38.8 Å². The van der Waals surface area contributed by atoms with Crippen LogP contribution in [0.25, 0.3) is 33.5 Å². The highest BCUT2D eigenvalue weighted by molar-refractivity contribution is 5.89. The van der Waals surface area contributed by atoms with E-state index in [4.69, 9.17) is 15.1 Å². The van der Waals surface area contributed by atoms with Crippen LogP contribution in [-0.4, -0.2) is 52.5 Å². The van der Waals surface area contributed by atoms with Gasteiger partial charge in [-0.3, -0.25) is 10.00 Å². The smallest absolute Gasteiger partial charge is 0.225 e. The monoisotopic (exact) mass is 479 g/mol. The predicted molar refractivity (Wildman–Crippen MR) is 140 cm³/mol. The molecule has 9 heteroatoms. The van der Waals surface area contributed by atoms with Gasteiger partial charge in [-0.15, -0.1) is 5.10 Å². The van der Waals surface area contributed by atoms with Crippen LogP contribution in [0.15, 0.2) is 48.8 Å². The molecule has 0 atom stereocenters. The fourth-order valence-corrected chi connectivity index (χ4v) is 5.20. The van der Waals surface area contributed by atoms with Crippen molar-refractivity contribution in [3.05, 3.63) is 60.2 Å². The minimum absolute atomic E-state index is 0.577.